The molecule has 0 bridgehead atoms. The van der Waals surface area contributed by atoms with Crippen LogP contribution in [0.1, 0.15) is 12.0 Å². The molecule has 1 aromatic heterocycles. The minimum Gasteiger partial charge on any atom is -0.479 e. The topological polar surface area (TPSA) is 65.2 Å². The number of pyridine rings is 1. The van der Waals surface area contributed by atoms with E-state index in [1.807, 2.05) is 0 Å². The summed E-state index contributed by atoms with van der Waals surface area (Å²) in [6.45, 7) is 0. The monoisotopic (exact) mass is 198 g/mol. The number of rotatable bonds is 4. The lowest BCUT2D eigenvalue weighted by Gasteiger charge is -2.02. The molecular weight excluding hydrogens is 187 g/mol. The summed E-state index contributed by atoms with van der Waals surface area (Å²) in [5.41, 5.74) is 5.58. The number of primary amides is 1. The highest BCUT2D eigenvalue weighted by Gasteiger charge is 2.05. The second-order valence-corrected chi connectivity index (χ2v) is 2.80. The molecule has 0 atom stereocenters. The molecule has 0 fully saturated rings. The van der Waals surface area contributed by atoms with Gasteiger partial charge in [-0.05, 0) is 18.1 Å². The van der Waals surface area contributed by atoms with E-state index >= 15 is 0 Å². The smallest absolute Gasteiger partial charge is 0.250 e. The van der Waals surface area contributed by atoms with Crippen LogP contribution in [0.4, 0.5) is 4.39 Å². The Morgan fingerprint density at radius 1 is 1.71 bits per heavy atom. The molecule has 1 aromatic rings. The molecule has 0 aliphatic rings. The number of amides is 1. The number of methoxy groups -OCH3 is 1. The molecule has 14 heavy (non-hydrogen) atoms. The Morgan fingerprint density at radius 2 is 2.43 bits per heavy atom. The largest absolute Gasteiger partial charge is 0.479 e. The first-order valence-corrected chi connectivity index (χ1v) is 4.10. The third kappa shape index (κ3) is 2.69. The molecule has 2 N–H and O–H groups in total. The zero-order valence-electron chi connectivity index (χ0n) is 7.79. The number of halogens is 1. The molecule has 4 nitrogen and oxygen atoms in total. The van der Waals surface area contributed by atoms with Crippen LogP contribution < -0.4 is 10.5 Å². The van der Waals surface area contributed by atoms with Gasteiger partial charge < -0.3 is 10.5 Å². The predicted molar refractivity (Wildman–Crippen MR) is 48.3 cm³/mol. The third-order valence-corrected chi connectivity index (χ3v) is 1.72. The van der Waals surface area contributed by atoms with Gasteiger partial charge in [0.25, 0.3) is 0 Å². The Labute approximate surface area is 80.9 Å². The van der Waals surface area contributed by atoms with Crippen LogP contribution in [0.2, 0.25) is 0 Å². The molecule has 0 unspecified atom stereocenters. The van der Waals surface area contributed by atoms with E-state index in [0.29, 0.717) is 12.0 Å². The van der Waals surface area contributed by atoms with Gasteiger partial charge in [0.15, 0.2) is 5.82 Å². The summed E-state index contributed by atoms with van der Waals surface area (Å²) in [4.78, 5) is 14.2. The van der Waals surface area contributed by atoms with Crippen molar-refractivity contribution in [1.29, 1.82) is 0 Å². The highest BCUT2D eigenvalue weighted by molar-refractivity contribution is 5.73. The van der Waals surface area contributed by atoms with Crippen LogP contribution in [0, 0.1) is 5.82 Å². The minimum atomic E-state index is -0.533. The van der Waals surface area contributed by atoms with E-state index in [-0.39, 0.29) is 12.3 Å². The summed E-state index contributed by atoms with van der Waals surface area (Å²) in [5.74, 6) is -0.997. The zero-order chi connectivity index (χ0) is 10.6. The number of hydrogen-bond donors (Lipinski definition) is 1. The number of carbonyl (C=O) groups excluding carboxylic acids is 1. The average molecular weight is 198 g/mol. The van der Waals surface area contributed by atoms with Crippen LogP contribution in [-0.4, -0.2) is 18.0 Å². The zero-order valence-corrected chi connectivity index (χ0v) is 7.79. The van der Waals surface area contributed by atoms with Crippen molar-refractivity contribution >= 4 is 5.91 Å². The summed E-state index contributed by atoms with van der Waals surface area (Å²) in [6.07, 6.45) is 2.04. The molecule has 0 aromatic carbocycles. The highest BCUT2D eigenvalue weighted by atomic mass is 19.1. The molecule has 0 aliphatic carbocycles. The standard InChI is InChI=1S/C9H11FN2O2/c1-14-9-7(10)4-6(5-12-9)2-3-8(11)13/h4-5H,2-3H2,1H3,(H2,11,13). The van der Waals surface area contributed by atoms with Crippen molar-refractivity contribution in [2.45, 2.75) is 12.8 Å². The number of hydrogen-bond acceptors (Lipinski definition) is 3. The van der Waals surface area contributed by atoms with Crippen molar-refractivity contribution in [1.82, 2.24) is 4.98 Å². The summed E-state index contributed by atoms with van der Waals surface area (Å²) in [7, 11) is 1.34. The molecular formula is C9H11FN2O2. The maximum absolute atomic E-state index is 13.1. The number of ether oxygens (including phenoxy) is 1. The second kappa shape index (κ2) is 4.55. The van der Waals surface area contributed by atoms with Crippen molar-refractivity contribution in [3.63, 3.8) is 0 Å². The van der Waals surface area contributed by atoms with E-state index in [1.54, 1.807) is 0 Å². The molecule has 0 aliphatic heterocycles. The SMILES string of the molecule is COc1ncc(CCC(N)=O)cc1F. The van der Waals surface area contributed by atoms with Crippen molar-refractivity contribution in [3.8, 4) is 5.88 Å². The van der Waals surface area contributed by atoms with E-state index in [2.05, 4.69) is 9.72 Å². The van der Waals surface area contributed by atoms with Crippen LogP contribution in [0.3, 0.4) is 0 Å². The summed E-state index contributed by atoms with van der Waals surface area (Å²) >= 11 is 0. The molecule has 76 valence electrons. The fourth-order valence-electron chi connectivity index (χ4n) is 1.02. The highest BCUT2D eigenvalue weighted by Crippen LogP contribution is 2.14. The third-order valence-electron chi connectivity index (χ3n) is 1.72. The van der Waals surface area contributed by atoms with Crippen LogP contribution >= 0.6 is 0 Å². The van der Waals surface area contributed by atoms with E-state index in [1.165, 1.54) is 19.4 Å². The molecule has 5 heteroatoms. The molecule has 1 amide bonds. The number of nitrogens with two attached hydrogens (primary N) is 1. The van der Waals surface area contributed by atoms with Gasteiger partial charge in [0.05, 0.1) is 7.11 Å². The fraction of sp³-hybridized carbons (Fsp3) is 0.333. The van der Waals surface area contributed by atoms with Crippen LogP contribution in [0.5, 0.6) is 5.88 Å². The average Bonchev–Trinajstić information content (AvgIpc) is 2.15. The van der Waals surface area contributed by atoms with E-state index in [9.17, 15) is 9.18 Å². The molecule has 0 saturated carbocycles. The Kier molecular flexibility index (Phi) is 3.39. The minimum absolute atomic E-state index is 0.0483. The predicted octanol–water partition coefficient (Wildman–Crippen LogP) is 0.647. The number of aromatic nitrogens is 1. The summed E-state index contributed by atoms with van der Waals surface area (Å²) in [6, 6.07) is 1.29. The lowest BCUT2D eigenvalue weighted by Crippen LogP contribution is -2.11. The van der Waals surface area contributed by atoms with Crippen molar-refractivity contribution < 1.29 is 13.9 Å². The maximum atomic E-state index is 13.1. The Hall–Kier alpha value is -1.65. The van der Waals surface area contributed by atoms with Gasteiger partial charge in [-0.1, -0.05) is 0 Å². The van der Waals surface area contributed by atoms with E-state index in [0.717, 1.165) is 0 Å². The molecule has 0 saturated heterocycles. The van der Waals surface area contributed by atoms with Crippen LogP contribution in [0.25, 0.3) is 0 Å². The normalized spacial score (nSPS) is 9.86. The first-order valence-electron chi connectivity index (χ1n) is 4.10. The molecule has 1 heterocycles. The number of carbonyl (C=O) groups is 1. The Balaban J connectivity index is 2.71. The lowest BCUT2D eigenvalue weighted by molar-refractivity contribution is -0.117. The van der Waals surface area contributed by atoms with Gasteiger partial charge in [0.1, 0.15) is 0 Å². The lowest BCUT2D eigenvalue weighted by atomic mass is 10.1. The van der Waals surface area contributed by atoms with Crippen LogP contribution in [0.15, 0.2) is 12.3 Å². The van der Waals surface area contributed by atoms with Gasteiger partial charge in [-0.15, -0.1) is 0 Å². The first-order chi connectivity index (χ1) is 6.63. The van der Waals surface area contributed by atoms with Gasteiger partial charge in [-0.3, -0.25) is 4.79 Å². The van der Waals surface area contributed by atoms with E-state index in [4.69, 9.17) is 5.73 Å². The van der Waals surface area contributed by atoms with Crippen molar-refractivity contribution in [2.75, 3.05) is 7.11 Å². The maximum Gasteiger partial charge on any atom is 0.250 e. The molecule has 1 rings (SSSR count). The number of nitrogens with zero attached hydrogens (tertiary/aromatic N) is 1. The fourth-order valence-corrected chi connectivity index (χ4v) is 1.02. The van der Waals surface area contributed by atoms with Crippen molar-refractivity contribution in [2.24, 2.45) is 5.73 Å². The van der Waals surface area contributed by atoms with Gasteiger partial charge in [0, 0.05) is 12.6 Å². The Bertz CT molecular complexity index is 342. The molecule has 0 spiro atoms. The summed E-state index contributed by atoms with van der Waals surface area (Å²) in [5, 5.41) is 0. The Morgan fingerprint density at radius 3 is 2.93 bits per heavy atom. The van der Waals surface area contributed by atoms with E-state index < -0.39 is 11.7 Å². The number of aryl methyl sites for hydroxylation is 1. The van der Waals surface area contributed by atoms with Gasteiger partial charge >= 0.3 is 0 Å². The summed E-state index contributed by atoms with van der Waals surface area (Å²) < 4.78 is 17.7. The van der Waals surface area contributed by atoms with Gasteiger partial charge in [0.2, 0.25) is 11.8 Å². The van der Waals surface area contributed by atoms with Crippen molar-refractivity contribution in [3.05, 3.63) is 23.6 Å². The molecule has 0 radical (unpaired) electrons. The second-order valence-electron chi connectivity index (χ2n) is 2.80. The van der Waals surface area contributed by atoms with Gasteiger partial charge in [-0.2, -0.15) is 0 Å². The van der Waals surface area contributed by atoms with Gasteiger partial charge in [-0.25, -0.2) is 9.37 Å². The first kappa shape index (κ1) is 10.4. The van der Waals surface area contributed by atoms with Crippen LogP contribution in [-0.2, 0) is 11.2 Å². The quantitative estimate of drug-likeness (QED) is 0.772.